The number of nitrogens with zero attached hydrogens (tertiary/aromatic N) is 1. The molecule has 2 unspecified atom stereocenters. The molecule has 1 aromatic carbocycles. The van der Waals surface area contributed by atoms with Gasteiger partial charge in [-0.05, 0) is 23.9 Å². The van der Waals surface area contributed by atoms with Crippen LogP contribution in [0.3, 0.4) is 0 Å². The Balaban J connectivity index is 2.57. The van der Waals surface area contributed by atoms with E-state index in [1.165, 1.54) is 0 Å². The summed E-state index contributed by atoms with van der Waals surface area (Å²) in [6.45, 7) is 1.99. The van der Waals surface area contributed by atoms with Crippen LogP contribution in [0, 0.1) is 0 Å². The lowest BCUT2D eigenvalue weighted by Crippen LogP contribution is -2.23. The first-order chi connectivity index (χ1) is 7.20. The monoisotopic (exact) mass is 200 g/mol. The average Bonchev–Trinajstić information content (AvgIpc) is 2.50. The van der Waals surface area contributed by atoms with E-state index in [9.17, 15) is 4.79 Å². The third-order valence-corrected chi connectivity index (χ3v) is 3.27. The third kappa shape index (κ3) is 0.957. The zero-order chi connectivity index (χ0) is 10.6. The number of rotatable bonds is 0. The predicted molar refractivity (Wildman–Crippen MR) is 59.8 cm³/mol. The molecule has 3 rings (SSSR count). The molecule has 0 amide bonds. The van der Waals surface area contributed by atoms with Gasteiger partial charge in [-0.25, -0.2) is 0 Å². The molecule has 0 bridgehead atoms. The number of benzene rings is 1. The van der Waals surface area contributed by atoms with Crippen molar-refractivity contribution in [2.45, 2.75) is 19.0 Å². The van der Waals surface area contributed by atoms with Crippen LogP contribution in [-0.2, 0) is 0 Å². The van der Waals surface area contributed by atoms with E-state index in [0.717, 1.165) is 16.5 Å². The van der Waals surface area contributed by atoms with Crippen LogP contribution >= 0.6 is 0 Å². The summed E-state index contributed by atoms with van der Waals surface area (Å²) in [5.74, 6) is 0. The van der Waals surface area contributed by atoms with Crippen molar-refractivity contribution in [2.24, 2.45) is 5.73 Å². The maximum atomic E-state index is 11.8. The first-order valence-corrected chi connectivity index (χ1v) is 5.10. The fraction of sp³-hybridized carbons (Fsp3) is 0.250. The molecular weight excluding hydrogens is 188 g/mol. The molecule has 2 aromatic rings. The highest BCUT2D eigenvalue weighted by Gasteiger charge is 2.28. The minimum absolute atomic E-state index is 0.0374. The summed E-state index contributed by atoms with van der Waals surface area (Å²) in [5, 5.41) is 1.09. The minimum Gasteiger partial charge on any atom is -0.322 e. The van der Waals surface area contributed by atoms with Crippen LogP contribution in [0.15, 0.2) is 35.1 Å². The van der Waals surface area contributed by atoms with E-state index < -0.39 is 0 Å². The molecule has 3 heteroatoms. The molecule has 1 aliphatic heterocycles. The quantitative estimate of drug-likeness (QED) is 0.701. The van der Waals surface area contributed by atoms with E-state index in [2.05, 4.69) is 0 Å². The lowest BCUT2D eigenvalue weighted by atomic mass is 10.0. The van der Waals surface area contributed by atoms with Gasteiger partial charge in [-0.15, -0.1) is 0 Å². The van der Waals surface area contributed by atoms with Crippen LogP contribution in [0.1, 0.15) is 24.6 Å². The molecule has 15 heavy (non-hydrogen) atoms. The molecule has 0 fully saturated rings. The van der Waals surface area contributed by atoms with Crippen molar-refractivity contribution in [1.82, 2.24) is 4.57 Å². The topological polar surface area (TPSA) is 48.0 Å². The maximum absolute atomic E-state index is 11.8. The van der Waals surface area contributed by atoms with Crippen LogP contribution in [0.2, 0.25) is 0 Å². The molecule has 1 aliphatic rings. The molecule has 0 spiro atoms. The highest BCUT2D eigenvalue weighted by atomic mass is 16.1. The highest BCUT2D eigenvalue weighted by Crippen LogP contribution is 2.36. The predicted octanol–water partition coefficient (Wildman–Crippen LogP) is 1.58. The normalized spacial score (nSPS) is 23.6. The fourth-order valence-electron chi connectivity index (χ4n) is 2.44. The van der Waals surface area contributed by atoms with Gasteiger partial charge in [0.25, 0.3) is 5.56 Å². The Morgan fingerprint density at radius 3 is 2.87 bits per heavy atom. The van der Waals surface area contributed by atoms with Gasteiger partial charge in [0.1, 0.15) is 0 Å². The first-order valence-electron chi connectivity index (χ1n) is 5.10. The summed E-state index contributed by atoms with van der Waals surface area (Å²) in [4.78, 5) is 11.8. The second-order valence-electron chi connectivity index (χ2n) is 4.09. The zero-order valence-electron chi connectivity index (χ0n) is 8.47. The van der Waals surface area contributed by atoms with Gasteiger partial charge in [0.15, 0.2) is 0 Å². The SMILES string of the molecule is CC1C(N)c2cccc3ccc(=O)n1c23. The molecule has 2 N–H and O–H groups in total. The molecule has 0 saturated carbocycles. The molecule has 0 aliphatic carbocycles. The molecule has 1 aromatic heterocycles. The van der Waals surface area contributed by atoms with Gasteiger partial charge in [-0.2, -0.15) is 0 Å². The minimum atomic E-state index is -0.0659. The van der Waals surface area contributed by atoms with Crippen molar-refractivity contribution in [1.29, 1.82) is 0 Å². The lowest BCUT2D eigenvalue weighted by Gasteiger charge is -2.12. The lowest BCUT2D eigenvalue weighted by molar-refractivity contribution is 0.488. The summed E-state index contributed by atoms with van der Waals surface area (Å²) in [6.07, 6.45) is 0. The molecule has 2 atom stereocenters. The van der Waals surface area contributed by atoms with E-state index in [4.69, 9.17) is 5.73 Å². The van der Waals surface area contributed by atoms with Crippen molar-refractivity contribution < 1.29 is 0 Å². The Morgan fingerprint density at radius 2 is 2.07 bits per heavy atom. The third-order valence-electron chi connectivity index (χ3n) is 3.27. The number of aromatic nitrogens is 1. The van der Waals surface area contributed by atoms with Crippen molar-refractivity contribution in [3.05, 3.63) is 46.2 Å². The Hall–Kier alpha value is -1.61. The molecule has 0 saturated heterocycles. The maximum Gasteiger partial charge on any atom is 0.251 e. The van der Waals surface area contributed by atoms with Gasteiger partial charge in [-0.1, -0.05) is 18.2 Å². The van der Waals surface area contributed by atoms with Gasteiger partial charge in [0.2, 0.25) is 0 Å². The van der Waals surface area contributed by atoms with Gasteiger partial charge in [0, 0.05) is 6.07 Å². The van der Waals surface area contributed by atoms with Crippen LogP contribution in [0.4, 0.5) is 0 Å². The summed E-state index contributed by atoms with van der Waals surface area (Å²) < 4.78 is 1.80. The number of pyridine rings is 1. The molecule has 3 nitrogen and oxygen atoms in total. The largest absolute Gasteiger partial charge is 0.322 e. The Kier molecular flexibility index (Phi) is 1.56. The van der Waals surface area contributed by atoms with Crippen molar-refractivity contribution in [3.8, 4) is 0 Å². The van der Waals surface area contributed by atoms with Crippen LogP contribution in [-0.4, -0.2) is 4.57 Å². The van der Waals surface area contributed by atoms with Gasteiger partial charge >= 0.3 is 0 Å². The van der Waals surface area contributed by atoms with Crippen molar-refractivity contribution in [3.63, 3.8) is 0 Å². The van der Waals surface area contributed by atoms with Crippen LogP contribution in [0.5, 0.6) is 0 Å². The van der Waals surface area contributed by atoms with Gasteiger partial charge in [-0.3, -0.25) is 4.79 Å². The zero-order valence-corrected chi connectivity index (χ0v) is 8.47. The summed E-state index contributed by atoms with van der Waals surface area (Å²) >= 11 is 0. The van der Waals surface area contributed by atoms with E-state index in [0.29, 0.717) is 0 Å². The summed E-state index contributed by atoms with van der Waals surface area (Å²) in [6, 6.07) is 9.47. The number of hydrogen-bond acceptors (Lipinski definition) is 2. The van der Waals surface area contributed by atoms with Gasteiger partial charge in [0.05, 0.1) is 17.6 Å². The number of nitrogens with two attached hydrogens (primary N) is 1. The summed E-state index contributed by atoms with van der Waals surface area (Å²) in [7, 11) is 0. The average molecular weight is 200 g/mol. The van der Waals surface area contributed by atoms with Gasteiger partial charge < -0.3 is 10.3 Å². The smallest absolute Gasteiger partial charge is 0.251 e. The second kappa shape index (κ2) is 2.70. The Labute approximate surface area is 87.1 Å². The Bertz CT molecular complexity index is 600. The number of para-hydroxylation sites is 1. The van der Waals surface area contributed by atoms with Crippen molar-refractivity contribution in [2.75, 3.05) is 0 Å². The standard InChI is InChI=1S/C12H12N2O/c1-7-11(13)9-4-2-3-8-5-6-10(15)14(7)12(8)9/h2-7,11H,13H2,1H3. The van der Waals surface area contributed by atoms with E-state index in [1.54, 1.807) is 10.6 Å². The van der Waals surface area contributed by atoms with Crippen molar-refractivity contribution >= 4 is 10.9 Å². The number of hydrogen-bond donors (Lipinski definition) is 1. The second-order valence-corrected chi connectivity index (χ2v) is 4.09. The van der Waals surface area contributed by atoms with E-state index >= 15 is 0 Å². The van der Waals surface area contributed by atoms with E-state index in [1.807, 2.05) is 31.2 Å². The molecule has 0 radical (unpaired) electrons. The summed E-state index contributed by atoms with van der Waals surface area (Å²) in [5.41, 5.74) is 8.22. The van der Waals surface area contributed by atoms with Crippen LogP contribution in [0.25, 0.3) is 10.9 Å². The first kappa shape index (κ1) is 8.68. The van der Waals surface area contributed by atoms with Crippen LogP contribution < -0.4 is 11.3 Å². The Morgan fingerprint density at radius 1 is 1.27 bits per heavy atom. The molecule has 2 heterocycles. The fourth-order valence-corrected chi connectivity index (χ4v) is 2.44. The molecule has 76 valence electrons. The highest BCUT2D eigenvalue weighted by molar-refractivity contribution is 5.84. The van der Waals surface area contributed by atoms with E-state index in [-0.39, 0.29) is 17.6 Å². The molecular formula is C12H12N2O.